The molecule has 0 unspecified atom stereocenters. The van der Waals surface area contributed by atoms with Crippen LogP contribution in [0.25, 0.3) is 17.1 Å². The quantitative estimate of drug-likeness (QED) is 0.373. The van der Waals surface area contributed by atoms with Crippen molar-refractivity contribution in [2.24, 2.45) is 0 Å². The highest BCUT2D eigenvalue weighted by Crippen LogP contribution is 2.28. The van der Waals surface area contributed by atoms with E-state index in [0.29, 0.717) is 24.9 Å². The number of benzene rings is 2. The van der Waals surface area contributed by atoms with Gasteiger partial charge >= 0.3 is 0 Å². The van der Waals surface area contributed by atoms with Crippen molar-refractivity contribution < 1.29 is 14.3 Å². The molecule has 2 aromatic carbocycles. The molecule has 30 heavy (non-hydrogen) atoms. The summed E-state index contributed by atoms with van der Waals surface area (Å²) in [5, 5.41) is 12.3. The van der Waals surface area contributed by atoms with Crippen molar-refractivity contribution in [2.75, 3.05) is 32.6 Å². The number of amides is 1. The van der Waals surface area contributed by atoms with Crippen LogP contribution in [0.2, 0.25) is 0 Å². The zero-order valence-electron chi connectivity index (χ0n) is 17.2. The predicted octanol–water partition coefficient (Wildman–Crippen LogP) is 3.58. The van der Waals surface area contributed by atoms with Crippen LogP contribution >= 0.6 is 11.8 Å². The van der Waals surface area contributed by atoms with Gasteiger partial charge in [-0.1, -0.05) is 42.1 Å². The van der Waals surface area contributed by atoms with E-state index in [1.54, 1.807) is 7.11 Å². The van der Waals surface area contributed by atoms with E-state index in [1.165, 1.54) is 11.8 Å². The van der Waals surface area contributed by atoms with Gasteiger partial charge in [-0.2, -0.15) is 0 Å². The van der Waals surface area contributed by atoms with E-state index in [1.807, 2.05) is 66.1 Å². The first kappa shape index (κ1) is 21.9. The summed E-state index contributed by atoms with van der Waals surface area (Å²) in [4.78, 5) is 12.2. The lowest BCUT2D eigenvalue weighted by Gasteiger charge is -2.11. The van der Waals surface area contributed by atoms with Crippen LogP contribution in [0.1, 0.15) is 13.3 Å². The van der Waals surface area contributed by atoms with Gasteiger partial charge in [-0.25, -0.2) is 0 Å². The normalized spacial score (nSPS) is 10.7. The third-order valence-corrected chi connectivity index (χ3v) is 5.18. The lowest BCUT2D eigenvalue weighted by atomic mass is 10.2. The Morgan fingerprint density at radius 3 is 2.57 bits per heavy atom. The van der Waals surface area contributed by atoms with Gasteiger partial charge in [-0.15, -0.1) is 10.2 Å². The van der Waals surface area contributed by atoms with Crippen LogP contribution < -0.4 is 10.1 Å². The van der Waals surface area contributed by atoms with Gasteiger partial charge in [0.25, 0.3) is 0 Å². The molecular weight excluding hydrogens is 400 g/mol. The molecule has 0 saturated carbocycles. The predicted molar refractivity (Wildman–Crippen MR) is 118 cm³/mol. The van der Waals surface area contributed by atoms with Crippen molar-refractivity contribution in [3.63, 3.8) is 0 Å². The highest BCUT2D eigenvalue weighted by atomic mass is 32.2. The van der Waals surface area contributed by atoms with E-state index in [9.17, 15) is 4.79 Å². The van der Waals surface area contributed by atoms with Crippen molar-refractivity contribution in [3.05, 3.63) is 54.6 Å². The van der Waals surface area contributed by atoms with E-state index in [2.05, 4.69) is 15.5 Å². The molecule has 3 aromatic rings. The number of nitrogens with one attached hydrogen (secondary N) is 1. The third kappa shape index (κ3) is 5.84. The zero-order valence-corrected chi connectivity index (χ0v) is 18.0. The Bertz CT molecular complexity index is 929. The molecule has 1 N–H and O–H groups in total. The molecule has 0 bridgehead atoms. The molecule has 0 aliphatic carbocycles. The molecule has 0 saturated heterocycles. The second-order valence-electron chi connectivity index (χ2n) is 6.42. The Balaban J connectivity index is 1.81. The molecule has 0 fully saturated rings. The molecule has 0 radical (unpaired) electrons. The van der Waals surface area contributed by atoms with Crippen LogP contribution in [0.5, 0.6) is 5.75 Å². The van der Waals surface area contributed by atoms with Crippen molar-refractivity contribution in [1.29, 1.82) is 0 Å². The number of nitrogens with zero attached hydrogens (tertiary/aromatic N) is 3. The highest BCUT2D eigenvalue weighted by molar-refractivity contribution is 7.99. The van der Waals surface area contributed by atoms with Crippen molar-refractivity contribution >= 4 is 17.7 Å². The monoisotopic (exact) mass is 426 g/mol. The van der Waals surface area contributed by atoms with Crippen LogP contribution in [-0.4, -0.2) is 53.3 Å². The van der Waals surface area contributed by atoms with Gasteiger partial charge in [-0.05, 0) is 37.6 Å². The highest BCUT2D eigenvalue weighted by Gasteiger charge is 2.17. The molecule has 1 heterocycles. The summed E-state index contributed by atoms with van der Waals surface area (Å²) in [7, 11) is 1.65. The lowest BCUT2D eigenvalue weighted by Crippen LogP contribution is -2.26. The van der Waals surface area contributed by atoms with E-state index >= 15 is 0 Å². The number of carbonyl (C=O) groups is 1. The lowest BCUT2D eigenvalue weighted by molar-refractivity contribution is -0.118. The Kier molecular flexibility index (Phi) is 8.29. The van der Waals surface area contributed by atoms with E-state index < -0.39 is 0 Å². The van der Waals surface area contributed by atoms with Gasteiger partial charge in [0, 0.05) is 31.5 Å². The van der Waals surface area contributed by atoms with E-state index in [-0.39, 0.29) is 11.7 Å². The smallest absolute Gasteiger partial charge is 0.230 e. The van der Waals surface area contributed by atoms with Crippen molar-refractivity contribution in [1.82, 2.24) is 20.1 Å². The maximum Gasteiger partial charge on any atom is 0.230 e. The molecule has 0 aliphatic rings. The molecule has 3 rings (SSSR count). The fourth-order valence-electron chi connectivity index (χ4n) is 2.85. The first-order chi connectivity index (χ1) is 14.7. The molecule has 0 aliphatic heterocycles. The molecule has 7 nitrogen and oxygen atoms in total. The third-order valence-electron chi connectivity index (χ3n) is 4.25. The van der Waals surface area contributed by atoms with Crippen LogP contribution in [-0.2, 0) is 9.53 Å². The summed E-state index contributed by atoms with van der Waals surface area (Å²) in [5.41, 5.74) is 1.86. The summed E-state index contributed by atoms with van der Waals surface area (Å²) in [6, 6.07) is 17.7. The van der Waals surface area contributed by atoms with Gasteiger partial charge in [-0.3, -0.25) is 9.36 Å². The number of hydrogen-bond acceptors (Lipinski definition) is 6. The molecule has 8 heteroatoms. The standard InChI is InChI=1S/C22H26N4O3S/c1-3-29-19-12-10-18(11-13-19)26-21(17-8-5-4-6-9-17)24-25-22(26)30-16-20(27)23-14-7-15-28-2/h4-6,8-13H,3,7,14-16H2,1-2H3,(H,23,27). The Labute approximate surface area is 180 Å². The minimum atomic E-state index is -0.0430. The fraction of sp³-hybridized carbons (Fsp3) is 0.318. The van der Waals surface area contributed by atoms with Gasteiger partial charge in [0.15, 0.2) is 11.0 Å². The largest absolute Gasteiger partial charge is 0.494 e. The minimum absolute atomic E-state index is 0.0430. The van der Waals surface area contributed by atoms with Gasteiger partial charge in [0.1, 0.15) is 5.75 Å². The summed E-state index contributed by atoms with van der Waals surface area (Å²) in [6.07, 6.45) is 0.785. The first-order valence-corrected chi connectivity index (χ1v) is 10.8. The fourth-order valence-corrected chi connectivity index (χ4v) is 3.64. The first-order valence-electron chi connectivity index (χ1n) is 9.85. The summed E-state index contributed by atoms with van der Waals surface area (Å²) in [5.74, 6) is 1.75. The van der Waals surface area contributed by atoms with Gasteiger partial charge in [0.2, 0.25) is 5.91 Å². The summed E-state index contributed by atoms with van der Waals surface area (Å²) in [6.45, 7) is 3.78. The maximum absolute atomic E-state index is 12.2. The van der Waals surface area contributed by atoms with Crippen LogP contribution in [0, 0.1) is 0 Å². The number of thioether (sulfide) groups is 1. The van der Waals surface area contributed by atoms with E-state index in [0.717, 1.165) is 29.2 Å². The average Bonchev–Trinajstić information content (AvgIpc) is 3.21. The SMILES string of the molecule is CCOc1ccc(-n2c(SCC(=O)NCCCOC)nnc2-c2ccccc2)cc1. The number of rotatable bonds is 11. The number of carbonyl (C=O) groups excluding carboxylic acids is 1. The molecule has 0 spiro atoms. The van der Waals surface area contributed by atoms with Gasteiger partial charge < -0.3 is 14.8 Å². The maximum atomic E-state index is 12.2. The molecule has 0 atom stereocenters. The number of ether oxygens (including phenoxy) is 2. The molecular formula is C22H26N4O3S. The number of hydrogen-bond donors (Lipinski definition) is 1. The second-order valence-corrected chi connectivity index (χ2v) is 7.36. The van der Waals surface area contributed by atoms with Gasteiger partial charge in [0.05, 0.1) is 12.4 Å². The average molecular weight is 427 g/mol. The molecule has 1 aromatic heterocycles. The Morgan fingerprint density at radius 2 is 1.87 bits per heavy atom. The van der Waals surface area contributed by atoms with Crippen LogP contribution in [0.15, 0.2) is 59.8 Å². The van der Waals surface area contributed by atoms with Crippen molar-refractivity contribution in [2.45, 2.75) is 18.5 Å². The van der Waals surface area contributed by atoms with Crippen LogP contribution in [0.4, 0.5) is 0 Å². The summed E-state index contributed by atoms with van der Waals surface area (Å²) >= 11 is 1.36. The van der Waals surface area contributed by atoms with E-state index in [4.69, 9.17) is 9.47 Å². The second kappa shape index (κ2) is 11.4. The zero-order chi connectivity index (χ0) is 21.2. The minimum Gasteiger partial charge on any atom is -0.494 e. The molecule has 1 amide bonds. The van der Waals surface area contributed by atoms with Crippen molar-refractivity contribution in [3.8, 4) is 22.8 Å². The summed E-state index contributed by atoms with van der Waals surface area (Å²) < 4.78 is 12.5. The Morgan fingerprint density at radius 1 is 1.10 bits per heavy atom. The topological polar surface area (TPSA) is 78.3 Å². The number of methoxy groups -OCH3 is 1. The molecule has 158 valence electrons. The Hall–Kier alpha value is -2.84. The number of aromatic nitrogens is 3. The van der Waals surface area contributed by atoms with Crippen LogP contribution in [0.3, 0.4) is 0 Å².